The summed E-state index contributed by atoms with van der Waals surface area (Å²) in [4.78, 5) is 16.7. The summed E-state index contributed by atoms with van der Waals surface area (Å²) in [6, 6.07) is 8.65. The fourth-order valence-electron chi connectivity index (χ4n) is 3.73. The summed E-state index contributed by atoms with van der Waals surface area (Å²) >= 11 is 0. The highest BCUT2D eigenvalue weighted by molar-refractivity contribution is 5.94. The van der Waals surface area contributed by atoms with E-state index in [1.165, 1.54) is 29.2 Å². The fraction of sp³-hybridized carbons (Fsp3) is 0.435. The third kappa shape index (κ3) is 6.48. The Bertz CT molecular complexity index is 902. The van der Waals surface area contributed by atoms with Crippen molar-refractivity contribution in [2.24, 2.45) is 0 Å². The largest absolute Gasteiger partial charge is 0.416 e. The van der Waals surface area contributed by atoms with Gasteiger partial charge in [-0.25, -0.2) is 0 Å². The number of carbonyl (C=O) groups is 1. The molecule has 0 saturated carbocycles. The number of hydrogen-bond donors (Lipinski definition) is 0. The van der Waals surface area contributed by atoms with Gasteiger partial charge in [0.1, 0.15) is 0 Å². The molecule has 9 heteroatoms. The van der Waals surface area contributed by atoms with Gasteiger partial charge < -0.3 is 9.80 Å². The third-order valence-electron chi connectivity index (χ3n) is 5.51. The average molecular weight is 458 g/mol. The molecule has 2 aromatic rings. The minimum absolute atomic E-state index is 0.00105. The molecule has 0 N–H and O–H groups in total. The molecule has 32 heavy (non-hydrogen) atoms. The van der Waals surface area contributed by atoms with Gasteiger partial charge in [-0.3, -0.25) is 4.79 Å². The molecule has 0 radical (unpaired) electrons. The van der Waals surface area contributed by atoms with Crippen molar-refractivity contribution < 1.29 is 31.1 Å². The van der Waals surface area contributed by atoms with Crippen LogP contribution in [0.15, 0.2) is 48.5 Å². The van der Waals surface area contributed by atoms with Crippen LogP contribution in [0, 0.1) is 0 Å². The van der Waals surface area contributed by atoms with Gasteiger partial charge in [-0.2, -0.15) is 26.3 Å². The Kier molecular flexibility index (Phi) is 7.48. The standard InChI is InChI=1S/C23H24F6N2O/c24-22(25,26)19-9-7-17(8-10-19)16-31(14-13-30-11-2-1-3-12-30)21(32)18-5-4-6-20(15-18)23(27,28)29/h4-10,15H,1-3,11-14,16H2. The summed E-state index contributed by atoms with van der Waals surface area (Å²) in [5.74, 6) is -0.590. The van der Waals surface area contributed by atoms with E-state index in [1.54, 1.807) is 0 Å². The number of carbonyl (C=O) groups excluding carboxylic acids is 1. The summed E-state index contributed by atoms with van der Waals surface area (Å²) < 4.78 is 77.7. The van der Waals surface area contributed by atoms with Gasteiger partial charge in [-0.1, -0.05) is 24.6 Å². The quantitative estimate of drug-likeness (QED) is 0.507. The number of nitrogens with zero attached hydrogens (tertiary/aromatic N) is 2. The van der Waals surface area contributed by atoms with Crippen LogP contribution in [0.4, 0.5) is 26.3 Å². The zero-order valence-electron chi connectivity index (χ0n) is 17.3. The van der Waals surface area contributed by atoms with Crippen molar-refractivity contribution in [2.75, 3.05) is 26.2 Å². The van der Waals surface area contributed by atoms with E-state index in [4.69, 9.17) is 0 Å². The normalized spacial score (nSPS) is 15.6. The number of likely N-dealkylation sites (tertiary alicyclic amines) is 1. The summed E-state index contributed by atoms with van der Waals surface area (Å²) in [6.07, 6.45) is -5.83. The predicted molar refractivity (Wildman–Crippen MR) is 108 cm³/mol. The van der Waals surface area contributed by atoms with Crippen LogP contribution in [0.1, 0.15) is 46.3 Å². The predicted octanol–water partition coefficient (Wildman–Crippen LogP) is 5.85. The number of alkyl halides is 6. The van der Waals surface area contributed by atoms with Crippen LogP contribution in [-0.4, -0.2) is 41.9 Å². The second-order valence-corrected chi connectivity index (χ2v) is 7.90. The molecule has 0 aliphatic carbocycles. The van der Waals surface area contributed by atoms with Crippen LogP contribution >= 0.6 is 0 Å². The SMILES string of the molecule is O=C(c1cccc(C(F)(F)F)c1)N(CCN1CCCCC1)Cc1ccc(C(F)(F)F)cc1. The fourth-order valence-corrected chi connectivity index (χ4v) is 3.73. The van der Waals surface area contributed by atoms with Crippen molar-refractivity contribution in [1.82, 2.24) is 9.80 Å². The van der Waals surface area contributed by atoms with Crippen LogP contribution in [0.25, 0.3) is 0 Å². The first kappa shape index (κ1) is 24.1. The Labute approximate surface area is 182 Å². The first-order chi connectivity index (χ1) is 15.0. The molecule has 1 aliphatic heterocycles. The van der Waals surface area contributed by atoms with Crippen molar-refractivity contribution in [2.45, 2.75) is 38.2 Å². The molecule has 174 valence electrons. The van der Waals surface area contributed by atoms with Gasteiger partial charge in [0, 0.05) is 25.2 Å². The monoisotopic (exact) mass is 458 g/mol. The number of benzene rings is 2. The topological polar surface area (TPSA) is 23.6 Å². The maximum absolute atomic E-state index is 13.1. The van der Waals surface area contributed by atoms with E-state index < -0.39 is 29.4 Å². The maximum atomic E-state index is 13.1. The van der Waals surface area contributed by atoms with Crippen LogP contribution in [0.2, 0.25) is 0 Å². The summed E-state index contributed by atoms with van der Waals surface area (Å²) in [5.41, 5.74) is -1.36. The van der Waals surface area contributed by atoms with Crippen LogP contribution in [-0.2, 0) is 18.9 Å². The molecule has 0 unspecified atom stereocenters. The van der Waals surface area contributed by atoms with Gasteiger partial charge >= 0.3 is 12.4 Å². The lowest BCUT2D eigenvalue weighted by Crippen LogP contribution is -2.40. The minimum atomic E-state index is -4.58. The Morgan fingerprint density at radius 1 is 0.844 bits per heavy atom. The average Bonchev–Trinajstić information content (AvgIpc) is 2.76. The lowest BCUT2D eigenvalue weighted by molar-refractivity contribution is -0.138. The highest BCUT2D eigenvalue weighted by Crippen LogP contribution is 2.31. The second kappa shape index (κ2) is 9.94. The molecular formula is C23H24F6N2O. The van der Waals surface area contributed by atoms with Crippen molar-refractivity contribution in [3.8, 4) is 0 Å². The lowest BCUT2D eigenvalue weighted by Gasteiger charge is -2.30. The first-order valence-corrected chi connectivity index (χ1v) is 10.4. The van der Waals surface area contributed by atoms with E-state index in [1.807, 2.05) is 0 Å². The molecule has 1 heterocycles. The van der Waals surface area contributed by atoms with E-state index in [0.29, 0.717) is 12.1 Å². The zero-order chi connectivity index (χ0) is 23.4. The van der Waals surface area contributed by atoms with Crippen LogP contribution < -0.4 is 0 Å². The molecule has 1 fully saturated rings. The van der Waals surface area contributed by atoms with Gasteiger partial charge in [-0.05, 0) is 61.8 Å². The van der Waals surface area contributed by atoms with Crippen molar-refractivity contribution in [3.05, 3.63) is 70.8 Å². The zero-order valence-corrected chi connectivity index (χ0v) is 17.3. The maximum Gasteiger partial charge on any atom is 0.416 e. The van der Waals surface area contributed by atoms with Crippen LogP contribution in [0.3, 0.4) is 0 Å². The first-order valence-electron chi connectivity index (χ1n) is 10.4. The van der Waals surface area contributed by atoms with Gasteiger partial charge in [0.15, 0.2) is 0 Å². The van der Waals surface area contributed by atoms with E-state index in [-0.39, 0.29) is 18.7 Å². The van der Waals surface area contributed by atoms with Crippen molar-refractivity contribution in [1.29, 1.82) is 0 Å². The molecule has 1 saturated heterocycles. The molecular weight excluding hydrogens is 434 g/mol. The Balaban J connectivity index is 1.80. The van der Waals surface area contributed by atoms with Crippen molar-refractivity contribution >= 4 is 5.91 Å². The molecule has 2 aromatic carbocycles. The summed E-state index contributed by atoms with van der Waals surface area (Å²) in [6.45, 7) is 2.57. The minimum Gasteiger partial charge on any atom is -0.333 e. The molecule has 0 aromatic heterocycles. The number of hydrogen-bond acceptors (Lipinski definition) is 2. The van der Waals surface area contributed by atoms with Gasteiger partial charge in [0.25, 0.3) is 5.91 Å². The number of halogens is 6. The van der Waals surface area contributed by atoms with Crippen molar-refractivity contribution in [3.63, 3.8) is 0 Å². The van der Waals surface area contributed by atoms with Gasteiger partial charge in [-0.15, -0.1) is 0 Å². The van der Waals surface area contributed by atoms with E-state index >= 15 is 0 Å². The van der Waals surface area contributed by atoms with E-state index in [0.717, 1.165) is 56.6 Å². The molecule has 0 atom stereocenters. The van der Waals surface area contributed by atoms with Gasteiger partial charge in [0.05, 0.1) is 11.1 Å². The summed E-state index contributed by atoms with van der Waals surface area (Å²) in [5, 5.41) is 0. The lowest BCUT2D eigenvalue weighted by atomic mass is 10.1. The summed E-state index contributed by atoms with van der Waals surface area (Å²) in [7, 11) is 0. The highest BCUT2D eigenvalue weighted by Gasteiger charge is 2.32. The molecule has 1 aliphatic rings. The third-order valence-corrected chi connectivity index (χ3v) is 5.51. The molecule has 3 rings (SSSR count). The Hall–Kier alpha value is -2.55. The number of amides is 1. The molecule has 0 bridgehead atoms. The number of rotatable bonds is 6. The highest BCUT2D eigenvalue weighted by atomic mass is 19.4. The van der Waals surface area contributed by atoms with E-state index in [2.05, 4.69) is 4.90 Å². The second-order valence-electron chi connectivity index (χ2n) is 7.90. The number of piperidine rings is 1. The molecule has 0 spiro atoms. The van der Waals surface area contributed by atoms with E-state index in [9.17, 15) is 31.1 Å². The Morgan fingerprint density at radius 2 is 1.47 bits per heavy atom. The molecule has 1 amide bonds. The van der Waals surface area contributed by atoms with Crippen LogP contribution in [0.5, 0.6) is 0 Å². The smallest absolute Gasteiger partial charge is 0.333 e. The van der Waals surface area contributed by atoms with Gasteiger partial charge in [0.2, 0.25) is 0 Å². The Morgan fingerprint density at radius 3 is 2.06 bits per heavy atom. The molecule has 3 nitrogen and oxygen atoms in total.